The van der Waals surface area contributed by atoms with Crippen LogP contribution in [0.2, 0.25) is 0 Å². The average Bonchev–Trinajstić information content (AvgIpc) is 2.74. The first kappa shape index (κ1) is 12.7. The lowest BCUT2D eigenvalue weighted by atomic mass is 10.1. The minimum absolute atomic E-state index is 0.00708. The minimum Gasteiger partial charge on any atom is -0.484 e. The zero-order valence-electron chi connectivity index (χ0n) is 10.4. The molecule has 0 aliphatic carbocycles. The average molecular weight is 250 g/mol. The first-order valence-corrected chi connectivity index (χ1v) is 6.04. The van der Waals surface area contributed by atoms with E-state index in [2.05, 4.69) is 5.32 Å². The number of carbonyl (C=O) groups is 1. The molecule has 0 saturated carbocycles. The van der Waals surface area contributed by atoms with Crippen molar-refractivity contribution in [2.24, 2.45) is 0 Å². The van der Waals surface area contributed by atoms with Gasteiger partial charge in [-0.15, -0.1) is 0 Å². The molecule has 5 heteroatoms. The van der Waals surface area contributed by atoms with E-state index in [-0.39, 0.29) is 24.7 Å². The Kier molecular flexibility index (Phi) is 4.04. The second kappa shape index (κ2) is 5.73. The number of nitrogen functional groups attached to an aromatic ring is 1. The van der Waals surface area contributed by atoms with Gasteiger partial charge in [0.05, 0.1) is 12.1 Å². The zero-order valence-corrected chi connectivity index (χ0v) is 10.4. The molecule has 1 amide bonds. The van der Waals surface area contributed by atoms with E-state index in [4.69, 9.17) is 15.2 Å². The van der Waals surface area contributed by atoms with Crippen molar-refractivity contribution < 1.29 is 14.3 Å². The molecule has 1 aromatic carbocycles. The summed E-state index contributed by atoms with van der Waals surface area (Å²) in [6.07, 6.45) is 0.930. The van der Waals surface area contributed by atoms with Gasteiger partial charge in [0.25, 0.3) is 5.91 Å². The Morgan fingerprint density at radius 2 is 2.22 bits per heavy atom. The van der Waals surface area contributed by atoms with Gasteiger partial charge in [-0.1, -0.05) is 0 Å². The summed E-state index contributed by atoms with van der Waals surface area (Å²) in [6, 6.07) is 7.04. The second-order valence-electron chi connectivity index (χ2n) is 4.40. The van der Waals surface area contributed by atoms with Crippen LogP contribution in [0.1, 0.15) is 13.3 Å². The van der Waals surface area contributed by atoms with E-state index in [9.17, 15) is 4.79 Å². The van der Waals surface area contributed by atoms with Crippen molar-refractivity contribution in [3.05, 3.63) is 24.3 Å². The molecule has 0 aromatic heterocycles. The molecule has 1 aliphatic rings. The molecule has 2 unspecified atom stereocenters. The summed E-state index contributed by atoms with van der Waals surface area (Å²) < 4.78 is 10.7. The van der Waals surface area contributed by atoms with Gasteiger partial charge in [-0.25, -0.2) is 0 Å². The van der Waals surface area contributed by atoms with Gasteiger partial charge in [-0.2, -0.15) is 0 Å². The molecule has 2 atom stereocenters. The van der Waals surface area contributed by atoms with Crippen LogP contribution in [0.15, 0.2) is 24.3 Å². The molecule has 98 valence electrons. The summed E-state index contributed by atoms with van der Waals surface area (Å²) in [4.78, 5) is 11.7. The summed E-state index contributed by atoms with van der Waals surface area (Å²) in [5.74, 6) is 0.504. The fourth-order valence-corrected chi connectivity index (χ4v) is 1.88. The number of rotatable bonds is 4. The van der Waals surface area contributed by atoms with Gasteiger partial charge in [-0.05, 0) is 37.6 Å². The van der Waals surface area contributed by atoms with E-state index < -0.39 is 0 Å². The monoisotopic (exact) mass is 250 g/mol. The van der Waals surface area contributed by atoms with Crippen LogP contribution in [-0.4, -0.2) is 31.3 Å². The summed E-state index contributed by atoms with van der Waals surface area (Å²) in [5.41, 5.74) is 6.23. The molecule has 0 spiro atoms. The lowest BCUT2D eigenvalue weighted by Crippen LogP contribution is -2.41. The highest BCUT2D eigenvalue weighted by Crippen LogP contribution is 2.14. The van der Waals surface area contributed by atoms with Crippen LogP contribution >= 0.6 is 0 Å². The van der Waals surface area contributed by atoms with Crippen LogP contribution in [0, 0.1) is 0 Å². The van der Waals surface area contributed by atoms with Crippen LogP contribution < -0.4 is 15.8 Å². The highest BCUT2D eigenvalue weighted by Gasteiger charge is 2.25. The molecule has 1 fully saturated rings. The van der Waals surface area contributed by atoms with Crippen LogP contribution in [0.5, 0.6) is 5.75 Å². The topological polar surface area (TPSA) is 73.6 Å². The Hall–Kier alpha value is -1.75. The molecule has 5 nitrogen and oxygen atoms in total. The SMILES string of the molecule is CC1OCCC1NC(=O)COc1ccc(N)cc1. The van der Waals surface area contributed by atoms with Gasteiger partial charge in [0, 0.05) is 12.3 Å². The van der Waals surface area contributed by atoms with Crippen LogP contribution in [0.3, 0.4) is 0 Å². The normalized spacial score (nSPS) is 22.7. The third-order valence-corrected chi connectivity index (χ3v) is 2.97. The van der Waals surface area contributed by atoms with E-state index in [0.29, 0.717) is 18.0 Å². The molecule has 1 saturated heterocycles. The Morgan fingerprint density at radius 3 is 2.83 bits per heavy atom. The molecule has 1 aromatic rings. The fourth-order valence-electron chi connectivity index (χ4n) is 1.88. The van der Waals surface area contributed by atoms with Gasteiger partial charge >= 0.3 is 0 Å². The molecule has 1 aliphatic heterocycles. The maximum Gasteiger partial charge on any atom is 0.258 e. The van der Waals surface area contributed by atoms with E-state index in [1.54, 1.807) is 24.3 Å². The van der Waals surface area contributed by atoms with Gasteiger partial charge in [0.2, 0.25) is 0 Å². The standard InChI is InChI=1S/C13H18N2O3/c1-9-12(6-7-17-9)15-13(16)8-18-11-4-2-10(14)3-5-11/h2-5,9,12H,6-8,14H2,1H3,(H,15,16). The maximum absolute atomic E-state index is 11.7. The quantitative estimate of drug-likeness (QED) is 0.780. The molecule has 3 N–H and O–H groups in total. The van der Waals surface area contributed by atoms with Crippen molar-refractivity contribution in [1.82, 2.24) is 5.32 Å². The third-order valence-electron chi connectivity index (χ3n) is 2.97. The van der Waals surface area contributed by atoms with E-state index in [0.717, 1.165) is 6.42 Å². The molecular weight excluding hydrogens is 232 g/mol. The van der Waals surface area contributed by atoms with Gasteiger partial charge in [0.1, 0.15) is 5.75 Å². The van der Waals surface area contributed by atoms with Gasteiger partial charge < -0.3 is 20.5 Å². The van der Waals surface area contributed by atoms with Gasteiger partial charge in [-0.3, -0.25) is 4.79 Å². The number of anilines is 1. The minimum atomic E-state index is -0.130. The Morgan fingerprint density at radius 1 is 1.50 bits per heavy atom. The third kappa shape index (κ3) is 3.37. The predicted molar refractivity (Wildman–Crippen MR) is 68.3 cm³/mol. The number of ether oxygens (including phenoxy) is 2. The number of nitrogens with two attached hydrogens (primary N) is 1. The molecule has 0 radical (unpaired) electrons. The Bertz CT molecular complexity index is 405. The summed E-state index contributed by atoms with van der Waals surface area (Å²) in [5, 5.41) is 2.90. The van der Waals surface area contributed by atoms with E-state index in [1.165, 1.54) is 0 Å². The van der Waals surface area contributed by atoms with E-state index >= 15 is 0 Å². The summed E-state index contributed by atoms with van der Waals surface area (Å²) in [6.45, 7) is 2.66. The first-order chi connectivity index (χ1) is 8.65. The predicted octanol–water partition coefficient (Wildman–Crippen LogP) is 0.941. The van der Waals surface area contributed by atoms with Crippen LogP contribution in [0.4, 0.5) is 5.69 Å². The Labute approximate surface area is 106 Å². The summed E-state index contributed by atoms with van der Waals surface area (Å²) >= 11 is 0. The summed E-state index contributed by atoms with van der Waals surface area (Å²) in [7, 11) is 0. The fraction of sp³-hybridized carbons (Fsp3) is 0.462. The number of hydrogen-bond acceptors (Lipinski definition) is 4. The molecule has 2 rings (SSSR count). The zero-order chi connectivity index (χ0) is 13.0. The number of carbonyl (C=O) groups excluding carboxylic acids is 1. The van der Waals surface area contributed by atoms with Crippen LogP contribution in [-0.2, 0) is 9.53 Å². The number of hydrogen-bond donors (Lipinski definition) is 2. The van der Waals surface area contributed by atoms with Crippen LogP contribution in [0.25, 0.3) is 0 Å². The maximum atomic E-state index is 11.7. The molecule has 18 heavy (non-hydrogen) atoms. The molecular formula is C13H18N2O3. The highest BCUT2D eigenvalue weighted by atomic mass is 16.5. The van der Waals surface area contributed by atoms with Crippen molar-refractivity contribution >= 4 is 11.6 Å². The highest BCUT2D eigenvalue weighted by molar-refractivity contribution is 5.78. The number of amides is 1. The number of nitrogens with one attached hydrogen (secondary N) is 1. The largest absolute Gasteiger partial charge is 0.484 e. The lowest BCUT2D eigenvalue weighted by molar-refractivity contribution is -0.124. The first-order valence-electron chi connectivity index (χ1n) is 6.04. The van der Waals surface area contributed by atoms with Crippen molar-refractivity contribution in [3.8, 4) is 5.75 Å². The van der Waals surface area contributed by atoms with Crippen molar-refractivity contribution in [1.29, 1.82) is 0 Å². The molecule has 0 bridgehead atoms. The van der Waals surface area contributed by atoms with E-state index in [1.807, 2.05) is 6.92 Å². The Balaban J connectivity index is 1.76. The number of benzene rings is 1. The van der Waals surface area contributed by atoms with Crippen molar-refractivity contribution in [3.63, 3.8) is 0 Å². The van der Waals surface area contributed by atoms with Crippen molar-refractivity contribution in [2.75, 3.05) is 18.9 Å². The smallest absolute Gasteiger partial charge is 0.258 e. The lowest BCUT2D eigenvalue weighted by Gasteiger charge is -2.16. The second-order valence-corrected chi connectivity index (χ2v) is 4.40. The van der Waals surface area contributed by atoms with Crippen molar-refractivity contribution in [2.45, 2.75) is 25.5 Å². The molecule has 1 heterocycles. The van der Waals surface area contributed by atoms with Gasteiger partial charge in [0.15, 0.2) is 6.61 Å².